The fourth-order valence-corrected chi connectivity index (χ4v) is 1.51. The summed E-state index contributed by atoms with van der Waals surface area (Å²) in [5, 5.41) is 16.9. The maximum atomic E-state index is 9.69. The fraction of sp³-hybridized carbons (Fsp3) is 0.182. The number of nitrogens with one attached hydrogen (secondary N) is 1. The van der Waals surface area contributed by atoms with E-state index in [4.69, 9.17) is 0 Å². The van der Waals surface area contributed by atoms with Gasteiger partial charge in [0.2, 0.25) is 0 Å². The molecule has 2 aromatic rings. The quantitative estimate of drug-likeness (QED) is 0.790. The Balaban J connectivity index is 2.45. The predicted octanol–water partition coefficient (Wildman–Crippen LogP) is 1.30. The third kappa shape index (κ3) is 1.85. The van der Waals surface area contributed by atoms with Crippen molar-refractivity contribution >= 4 is 0 Å². The lowest BCUT2D eigenvalue weighted by Crippen LogP contribution is -2.11. The zero-order valence-electron chi connectivity index (χ0n) is 8.51. The van der Waals surface area contributed by atoms with Crippen LogP contribution in [0.1, 0.15) is 5.69 Å². The normalized spacial score (nSPS) is 10.5. The Morgan fingerprint density at radius 3 is 2.87 bits per heavy atom. The summed E-state index contributed by atoms with van der Waals surface area (Å²) in [4.78, 5) is 0. The zero-order chi connectivity index (χ0) is 10.7. The molecule has 2 rings (SSSR count). The summed E-state index contributed by atoms with van der Waals surface area (Å²) in [5.41, 5.74) is 1.71. The number of aromatic hydroxyl groups is 1. The second-order valence-electron chi connectivity index (χ2n) is 3.25. The number of phenolic OH excluding ortho intramolecular Hbond substituents is 1. The minimum atomic E-state index is 0.235. The van der Waals surface area contributed by atoms with Gasteiger partial charge in [-0.1, -0.05) is 12.1 Å². The molecule has 0 spiro atoms. The topological polar surface area (TPSA) is 50.1 Å². The third-order valence-corrected chi connectivity index (χ3v) is 2.19. The highest BCUT2D eigenvalue weighted by molar-refractivity contribution is 5.45. The van der Waals surface area contributed by atoms with Crippen LogP contribution in [0, 0.1) is 0 Å². The summed E-state index contributed by atoms with van der Waals surface area (Å²) in [6.45, 7) is 0.717. The smallest absolute Gasteiger partial charge is 0.141 e. The van der Waals surface area contributed by atoms with Crippen LogP contribution in [-0.4, -0.2) is 21.9 Å². The van der Waals surface area contributed by atoms with E-state index in [-0.39, 0.29) is 5.75 Å². The summed E-state index contributed by atoms with van der Waals surface area (Å²) >= 11 is 0. The molecule has 0 unspecified atom stereocenters. The molecule has 0 saturated carbocycles. The molecule has 78 valence electrons. The average molecular weight is 203 g/mol. The Bertz CT molecular complexity index is 451. The lowest BCUT2D eigenvalue weighted by molar-refractivity contribution is 0.469. The zero-order valence-corrected chi connectivity index (χ0v) is 8.51. The second kappa shape index (κ2) is 4.14. The molecule has 0 aliphatic heterocycles. The molecule has 1 heterocycles. The van der Waals surface area contributed by atoms with Crippen molar-refractivity contribution in [2.45, 2.75) is 6.54 Å². The highest BCUT2D eigenvalue weighted by Crippen LogP contribution is 2.21. The van der Waals surface area contributed by atoms with Crippen LogP contribution in [-0.2, 0) is 6.54 Å². The number of aromatic nitrogens is 2. The van der Waals surface area contributed by atoms with Crippen LogP contribution in [0.4, 0.5) is 0 Å². The summed E-state index contributed by atoms with van der Waals surface area (Å²) in [6, 6.07) is 9.07. The molecule has 1 aromatic carbocycles. The molecule has 4 heteroatoms. The van der Waals surface area contributed by atoms with Gasteiger partial charge >= 0.3 is 0 Å². The van der Waals surface area contributed by atoms with Gasteiger partial charge in [0.25, 0.3) is 0 Å². The number of rotatable bonds is 3. The van der Waals surface area contributed by atoms with E-state index in [0.717, 1.165) is 5.69 Å². The maximum Gasteiger partial charge on any atom is 0.141 e. The Morgan fingerprint density at radius 1 is 1.33 bits per heavy atom. The molecule has 0 bridgehead atoms. The van der Waals surface area contributed by atoms with Crippen molar-refractivity contribution in [2.75, 3.05) is 7.05 Å². The van der Waals surface area contributed by atoms with Gasteiger partial charge in [0.05, 0.1) is 5.69 Å². The SMILES string of the molecule is CNCc1ccnn1-c1ccccc1O. The van der Waals surface area contributed by atoms with Gasteiger partial charge in [-0.2, -0.15) is 5.10 Å². The van der Waals surface area contributed by atoms with Gasteiger partial charge in [-0.3, -0.25) is 0 Å². The Kier molecular flexibility index (Phi) is 2.69. The molecule has 0 aliphatic carbocycles. The monoisotopic (exact) mass is 203 g/mol. The van der Waals surface area contributed by atoms with Gasteiger partial charge in [-0.05, 0) is 25.2 Å². The molecule has 0 amide bonds. The minimum Gasteiger partial charge on any atom is -0.506 e. The number of benzene rings is 1. The molecule has 4 nitrogen and oxygen atoms in total. The van der Waals surface area contributed by atoms with Crippen LogP contribution in [0.5, 0.6) is 5.75 Å². The first-order valence-corrected chi connectivity index (χ1v) is 4.79. The van der Waals surface area contributed by atoms with E-state index in [9.17, 15) is 5.11 Å². The summed E-state index contributed by atoms with van der Waals surface area (Å²) in [6.07, 6.45) is 1.72. The molecular weight excluding hydrogens is 190 g/mol. The number of para-hydroxylation sites is 2. The maximum absolute atomic E-state index is 9.69. The van der Waals surface area contributed by atoms with Gasteiger partial charge in [0.15, 0.2) is 0 Å². The van der Waals surface area contributed by atoms with E-state index >= 15 is 0 Å². The van der Waals surface area contributed by atoms with Crippen molar-refractivity contribution in [1.29, 1.82) is 0 Å². The first-order valence-electron chi connectivity index (χ1n) is 4.79. The Hall–Kier alpha value is -1.81. The van der Waals surface area contributed by atoms with Crippen molar-refractivity contribution in [1.82, 2.24) is 15.1 Å². The highest BCUT2D eigenvalue weighted by Gasteiger charge is 2.07. The number of hydrogen-bond acceptors (Lipinski definition) is 3. The van der Waals surface area contributed by atoms with E-state index in [1.807, 2.05) is 25.2 Å². The Morgan fingerprint density at radius 2 is 2.13 bits per heavy atom. The van der Waals surface area contributed by atoms with Crippen LogP contribution < -0.4 is 5.32 Å². The Labute approximate surface area is 88.2 Å². The number of hydrogen-bond donors (Lipinski definition) is 2. The molecular formula is C11H13N3O. The summed E-state index contributed by atoms with van der Waals surface area (Å²) in [7, 11) is 1.88. The van der Waals surface area contributed by atoms with Crippen molar-refractivity contribution in [3.63, 3.8) is 0 Å². The van der Waals surface area contributed by atoms with Crippen LogP contribution in [0.3, 0.4) is 0 Å². The van der Waals surface area contributed by atoms with Gasteiger partial charge < -0.3 is 10.4 Å². The van der Waals surface area contributed by atoms with Crippen molar-refractivity contribution in [3.05, 3.63) is 42.2 Å². The fourth-order valence-electron chi connectivity index (χ4n) is 1.51. The molecule has 0 aliphatic rings. The van der Waals surface area contributed by atoms with Gasteiger partial charge in [-0.25, -0.2) is 4.68 Å². The van der Waals surface area contributed by atoms with E-state index in [0.29, 0.717) is 12.2 Å². The molecule has 0 radical (unpaired) electrons. The lowest BCUT2D eigenvalue weighted by Gasteiger charge is -2.08. The largest absolute Gasteiger partial charge is 0.506 e. The van der Waals surface area contributed by atoms with Crippen molar-refractivity contribution < 1.29 is 5.11 Å². The van der Waals surface area contributed by atoms with Crippen LogP contribution in [0.2, 0.25) is 0 Å². The van der Waals surface area contributed by atoms with Gasteiger partial charge in [0.1, 0.15) is 11.4 Å². The predicted molar refractivity (Wildman–Crippen MR) is 58.0 cm³/mol. The molecule has 0 saturated heterocycles. The highest BCUT2D eigenvalue weighted by atomic mass is 16.3. The second-order valence-corrected chi connectivity index (χ2v) is 3.25. The van der Waals surface area contributed by atoms with Gasteiger partial charge in [0, 0.05) is 12.7 Å². The lowest BCUT2D eigenvalue weighted by atomic mass is 10.3. The number of nitrogens with zero attached hydrogens (tertiary/aromatic N) is 2. The minimum absolute atomic E-state index is 0.235. The molecule has 0 atom stereocenters. The average Bonchev–Trinajstić information content (AvgIpc) is 2.67. The first kappa shape index (κ1) is 9.73. The molecule has 15 heavy (non-hydrogen) atoms. The van der Waals surface area contributed by atoms with Crippen LogP contribution in [0.15, 0.2) is 36.5 Å². The van der Waals surface area contributed by atoms with Crippen LogP contribution in [0.25, 0.3) is 5.69 Å². The summed E-state index contributed by atoms with van der Waals surface area (Å²) < 4.78 is 1.73. The van der Waals surface area contributed by atoms with E-state index in [1.165, 1.54) is 0 Å². The van der Waals surface area contributed by atoms with E-state index in [2.05, 4.69) is 10.4 Å². The van der Waals surface area contributed by atoms with Gasteiger partial charge in [-0.15, -0.1) is 0 Å². The van der Waals surface area contributed by atoms with Crippen molar-refractivity contribution in [3.8, 4) is 11.4 Å². The molecule has 1 aromatic heterocycles. The van der Waals surface area contributed by atoms with E-state index in [1.54, 1.807) is 23.0 Å². The van der Waals surface area contributed by atoms with Crippen LogP contribution >= 0.6 is 0 Å². The first-order chi connectivity index (χ1) is 7.33. The summed E-state index contributed by atoms with van der Waals surface area (Å²) in [5.74, 6) is 0.235. The molecule has 0 fully saturated rings. The third-order valence-electron chi connectivity index (χ3n) is 2.19. The van der Waals surface area contributed by atoms with Crippen molar-refractivity contribution in [2.24, 2.45) is 0 Å². The standard InChI is InChI=1S/C11H13N3O/c1-12-8-9-6-7-13-14(9)10-4-2-3-5-11(10)15/h2-7,12,15H,8H2,1H3. The molecule has 2 N–H and O–H groups in total. The van der Waals surface area contributed by atoms with E-state index < -0.39 is 0 Å². The number of phenols is 1.